The molecule has 0 saturated heterocycles. The van der Waals surface area contributed by atoms with Crippen LogP contribution in [0.2, 0.25) is 0 Å². The normalized spacial score (nSPS) is 10.6. The second kappa shape index (κ2) is 6.87. The third kappa shape index (κ3) is 3.30. The minimum atomic E-state index is 0.650. The topological polar surface area (TPSA) is 67.2 Å². The fourth-order valence-electron chi connectivity index (χ4n) is 2.09. The summed E-state index contributed by atoms with van der Waals surface area (Å²) in [5, 5.41) is 8.67. The molecule has 0 aliphatic rings. The van der Waals surface area contributed by atoms with Crippen molar-refractivity contribution in [3.63, 3.8) is 0 Å². The van der Waals surface area contributed by atoms with E-state index in [1.54, 1.807) is 0 Å². The molecular weight excluding hydrogens is 238 g/mol. The Morgan fingerprint density at radius 3 is 2.53 bits per heavy atom. The zero-order valence-corrected chi connectivity index (χ0v) is 10.9. The molecular formula is C15H19N3O. The minimum absolute atomic E-state index is 0.650. The largest absolute Gasteiger partial charge is 0.383 e. The molecule has 0 radical (unpaired) electrons. The summed E-state index contributed by atoms with van der Waals surface area (Å²) in [6.07, 6.45) is 0.898. The van der Waals surface area contributed by atoms with Gasteiger partial charge in [-0.25, -0.2) is 0 Å². The van der Waals surface area contributed by atoms with Crippen molar-refractivity contribution in [2.24, 2.45) is 5.73 Å². The fraction of sp³-hybridized carbons (Fsp3) is 0.267. The third-order valence-electron chi connectivity index (χ3n) is 3.02. The summed E-state index contributed by atoms with van der Waals surface area (Å²) in [4.78, 5) is 11.0. The highest BCUT2D eigenvalue weighted by Gasteiger charge is 2.04. The number of rotatable bonds is 7. The van der Waals surface area contributed by atoms with Crippen LogP contribution < -0.4 is 16.4 Å². The molecule has 0 fully saturated rings. The first-order valence-electron chi connectivity index (χ1n) is 6.48. The van der Waals surface area contributed by atoms with Gasteiger partial charge in [0.15, 0.2) is 6.29 Å². The lowest BCUT2D eigenvalue weighted by molar-refractivity contribution is 0.112. The van der Waals surface area contributed by atoms with Gasteiger partial charge >= 0.3 is 0 Å². The van der Waals surface area contributed by atoms with Crippen molar-refractivity contribution in [1.82, 2.24) is 5.32 Å². The summed E-state index contributed by atoms with van der Waals surface area (Å²) >= 11 is 0. The standard InChI is InChI=1S/C15H19N3O/c16-7-8-17-9-10-18-15-6-5-12(11-19)13-3-1-2-4-14(13)15/h1-6,11,17-18H,7-10,16H2. The number of hydrogen-bond donors (Lipinski definition) is 3. The van der Waals surface area contributed by atoms with Crippen molar-refractivity contribution < 1.29 is 4.79 Å². The Balaban J connectivity index is 2.13. The van der Waals surface area contributed by atoms with Gasteiger partial charge in [-0.05, 0) is 17.5 Å². The lowest BCUT2D eigenvalue weighted by atomic mass is 10.0. The molecule has 4 N–H and O–H groups in total. The van der Waals surface area contributed by atoms with E-state index in [-0.39, 0.29) is 0 Å². The Morgan fingerprint density at radius 1 is 1.00 bits per heavy atom. The highest BCUT2D eigenvalue weighted by Crippen LogP contribution is 2.25. The van der Waals surface area contributed by atoms with Crippen molar-refractivity contribution in [2.45, 2.75) is 0 Å². The first-order chi connectivity index (χ1) is 9.36. The summed E-state index contributed by atoms with van der Waals surface area (Å²) in [6, 6.07) is 11.7. The van der Waals surface area contributed by atoms with Crippen LogP contribution in [0.25, 0.3) is 10.8 Å². The van der Waals surface area contributed by atoms with Gasteiger partial charge in [0.1, 0.15) is 0 Å². The Labute approximate surface area is 113 Å². The monoisotopic (exact) mass is 257 g/mol. The van der Waals surface area contributed by atoms with E-state index in [1.165, 1.54) is 0 Å². The van der Waals surface area contributed by atoms with E-state index >= 15 is 0 Å². The van der Waals surface area contributed by atoms with Gasteiger partial charge in [0.05, 0.1) is 0 Å². The summed E-state index contributed by atoms with van der Waals surface area (Å²) in [7, 11) is 0. The van der Waals surface area contributed by atoms with Crippen LogP contribution in [0, 0.1) is 0 Å². The molecule has 2 rings (SSSR count). The first kappa shape index (κ1) is 13.5. The van der Waals surface area contributed by atoms with E-state index in [0.29, 0.717) is 6.54 Å². The molecule has 0 unspecified atom stereocenters. The van der Waals surface area contributed by atoms with Crippen LogP contribution in [0.3, 0.4) is 0 Å². The maximum absolute atomic E-state index is 11.0. The Kier molecular flexibility index (Phi) is 4.89. The van der Waals surface area contributed by atoms with Crippen LogP contribution in [0.4, 0.5) is 5.69 Å². The second-order valence-electron chi connectivity index (χ2n) is 4.33. The first-order valence-corrected chi connectivity index (χ1v) is 6.48. The van der Waals surface area contributed by atoms with Gasteiger partial charge < -0.3 is 16.4 Å². The minimum Gasteiger partial charge on any atom is -0.383 e. The van der Waals surface area contributed by atoms with E-state index < -0.39 is 0 Å². The van der Waals surface area contributed by atoms with Crippen LogP contribution in [-0.4, -0.2) is 32.5 Å². The van der Waals surface area contributed by atoms with Crippen LogP contribution in [-0.2, 0) is 0 Å². The van der Waals surface area contributed by atoms with Gasteiger partial charge in [-0.1, -0.05) is 24.3 Å². The van der Waals surface area contributed by atoms with Gasteiger partial charge in [-0.15, -0.1) is 0 Å². The van der Waals surface area contributed by atoms with E-state index in [4.69, 9.17) is 5.73 Å². The number of nitrogens with two attached hydrogens (primary N) is 1. The van der Waals surface area contributed by atoms with E-state index in [2.05, 4.69) is 10.6 Å². The molecule has 0 spiro atoms. The highest BCUT2D eigenvalue weighted by molar-refractivity contribution is 6.03. The molecule has 4 heteroatoms. The molecule has 4 nitrogen and oxygen atoms in total. The van der Waals surface area contributed by atoms with E-state index in [9.17, 15) is 4.79 Å². The van der Waals surface area contributed by atoms with Crippen LogP contribution in [0.1, 0.15) is 10.4 Å². The third-order valence-corrected chi connectivity index (χ3v) is 3.02. The number of carbonyl (C=O) groups excluding carboxylic acids is 1. The molecule has 0 heterocycles. The number of aldehydes is 1. The van der Waals surface area contributed by atoms with Crippen LogP contribution in [0.15, 0.2) is 36.4 Å². The summed E-state index contributed by atoms with van der Waals surface area (Å²) in [5.74, 6) is 0. The van der Waals surface area contributed by atoms with Gasteiger partial charge in [-0.3, -0.25) is 4.79 Å². The van der Waals surface area contributed by atoms with Gasteiger partial charge in [0, 0.05) is 42.8 Å². The average Bonchev–Trinajstić information content (AvgIpc) is 2.47. The SMILES string of the molecule is NCCNCCNc1ccc(C=O)c2ccccc12. The van der Waals surface area contributed by atoms with Crippen molar-refractivity contribution >= 4 is 22.7 Å². The number of nitrogens with one attached hydrogen (secondary N) is 2. The lowest BCUT2D eigenvalue weighted by Crippen LogP contribution is -2.27. The molecule has 0 aliphatic heterocycles. The molecule has 0 aromatic heterocycles. The molecule has 0 bridgehead atoms. The quantitative estimate of drug-likeness (QED) is 0.521. The van der Waals surface area contributed by atoms with Crippen molar-refractivity contribution in [3.05, 3.63) is 42.0 Å². The highest BCUT2D eigenvalue weighted by atomic mass is 16.1. The van der Waals surface area contributed by atoms with E-state index in [1.807, 2.05) is 36.4 Å². The van der Waals surface area contributed by atoms with Crippen molar-refractivity contribution in [1.29, 1.82) is 0 Å². The number of fused-ring (bicyclic) bond motifs is 1. The Morgan fingerprint density at radius 2 is 1.79 bits per heavy atom. The lowest BCUT2D eigenvalue weighted by Gasteiger charge is -2.11. The van der Waals surface area contributed by atoms with Crippen molar-refractivity contribution in [2.75, 3.05) is 31.5 Å². The van der Waals surface area contributed by atoms with Gasteiger partial charge in [-0.2, -0.15) is 0 Å². The van der Waals surface area contributed by atoms with Crippen LogP contribution >= 0.6 is 0 Å². The second-order valence-corrected chi connectivity index (χ2v) is 4.33. The molecule has 100 valence electrons. The smallest absolute Gasteiger partial charge is 0.150 e. The molecule has 19 heavy (non-hydrogen) atoms. The number of carbonyl (C=O) groups is 1. The van der Waals surface area contributed by atoms with Crippen molar-refractivity contribution in [3.8, 4) is 0 Å². The number of benzene rings is 2. The summed E-state index contributed by atoms with van der Waals surface area (Å²) < 4.78 is 0. The van der Waals surface area contributed by atoms with Crippen LogP contribution in [0.5, 0.6) is 0 Å². The predicted octanol–water partition coefficient (Wildman–Crippen LogP) is 1.61. The van der Waals surface area contributed by atoms with Gasteiger partial charge in [0.2, 0.25) is 0 Å². The zero-order valence-electron chi connectivity index (χ0n) is 10.9. The molecule has 0 amide bonds. The average molecular weight is 257 g/mol. The maximum Gasteiger partial charge on any atom is 0.150 e. The molecule has 0 atom stereocenters. The molecule has 2 aromatic rings. The molecule has 0 aliphatic carbocycles. The van der Waals surface area contributed by atoms with E-state index in [0.717, 1.165) is 47.9 Å². The summed E-state index contributed by atoms with van der Waals surface area (Å²) in [5.41, 5.74) is 7.19. The maximum atomic E-state index is 11.0. The molecule has 2 aromatic carbocycles. The number of anilines is 1. The van der Waals surface area contributed by atoms with Gasteiger partial charge in [0.25, 0.3) is 0 Å². The fourth-order valence-corrected chi connectivity index (χ4v) is 2.09. The Bertz CT molecular complexity index is 554. The molecule has 0 saturated carbocycles. The Hall–Kier alpha value is -1.91. The zero-order chi connectivity index (χ0) is 13.5. The predicted molar refractivity (Wildman–Crippen MR) is 79.7 cm³/mol. The summed E-state index contributed by atoms with van der Waals surface area (Å²) in [6.45, 7) is 3.16. The number of hydrogen-bond acceptors (Lipinski definition) is 4.